The Morgan fingerprint density at radius 3 is 2.32 bits per heavy atom. The molecule has 0 spiro atoms. The van der Waals surface area contributed by atoms with Crippen molar-refractivity contribution in [3.63, 3.8) is 0 Å². The largest absolute Gasteiger partial charge is 0.462 e. The fraction of sp³-hybridized carbons (Fsp3) is 0.952. The molecule has 0 saturated heterocycles. The number of esters is 1. The van der Waals surface area contributed by atoms with Crippen molar-refractivity contribution in [3.05, 3.63) is 0 Å². The lowest BCUT2D eigenvalue weighted by Crippen LogP contribution is -2.58. The van der Waals surface area contributed by atoms with Crippen LogP contribution in [0.15, 0.2) is 0 Å². The third kappa shape index (κ3) is 2.58. The Morgan fingerprint density at radius 1 is 0.920 bits per heavy atom. The van der Waals surface area contributed by atoms with Gasteiger partial charge in [0.2, 0.25) is 0 Å². The summed E-state index contributed by atoms with van der Waals surface area (Å²) < 4.78 is 5.70. The van der Waals surface area contributed by atoms with Crippen LogP contribution in [0.3, 0.4) is 0 Å². The second kappa shape index (κ2) is 5.95. The van der Waals surface area contributed by atoms with E-state index >= 15 is 0 Å². The number of hydrogen-bond acceptors (Lipinski definition) is 4. The van der Waals surface area contributed by atoms with Gasteiger partial charge in [0.15, 0.2) is 0 Å². The highest BCUT2D eigenvalue weighted by Crippen LogP contribution is 2.66. The number of carbonyl (C=O) groups is 1. The van der Waals surface area contributed by atoms with Crippen LogP contribution in [0.4, 0.5) is 0 Å². The molecule has 0 bridgehead atoms. The molecular weight excluding hydrogens is 316 g/mol. The monoisotopic (exact) mass is 350 g/mol. The van der Waals surface area contributed by atoms with Crippen LogP contribution < -0.4 is 0 Å². The van der Waals surface area contributed by atoms with Crippen LogP contribution in [-0.2, 0) is 9.53 Å². The maximum atomic E-state index is 11.5. The Labute approximate surface area is 151 Å². The molecule has 0 heterocycles. The van der Waals surface area contributed by atoms with Crippen molar-refractivity contribution in [1.29, 1.82) is 0 Å². The van der Waals surface area contributed by atoms with Crippen molar-refractivity contribution in [2.75, 3.05) is 0 Å². The molecule has 2 N–H and O–H groups in total. The van der Waals surface area contributed by atoms with Gasteiger partial charge in [0.25, 0.3) is 0 Å². The Bertz CT molecular complexity index is 548. The average Bonchev–Trinajstić information content (AvgIpc) is 2.86. The van der Waals surface area contributed by atoms with Crippen molar-refractivity contribution in [2.24, 2.45) is 34.5 Å². The zero-order valence-electron chi connectivity index (χ0n) is 15.9. The first-order valence-corrected chi connectivity index (χ1v) is 10.3. The molecule has 0 aliphatic heterocycles. The molecule has 0 amide bonds. The molecule has 142 valence electrons. The van der Waals surface area contributed by atoms with Gasteiger partial charge in [-0.3, -0.25) is 4.79 Å². The van der Waals surface area contributed by atoms with Gasteiger partial charge in [-0.15, -0.1) is 0 Å². The van der Waals surface area contributed by atoms with Gasteiger partial charge in [0.05, 0.1) is 12.2 Å². The van der Waals surface area contributed by atoms with E-state index in [2.05, 4.69) is 13.8 Å². The minimum atomic E-state index is -0.295. The first kappa shape index (κ1) is 17.8. The summed E-state index contributed by atoms with van der Waals surface area (Å²) in [6.45, 7) is 6.22. The first-order chi connectivity index (χ1) is 11.8. The van der Waals surface area contributed by atoms with E-state index in [1.807, 2.05) is 0 Å². The molecule has 9 atom stereocenters. The summed E-state index contributed by atoms with van der Waals surface area (Å²) in [5.41, 5.74) is 0.229. The second-order valence-electron chi connectivity index (χ2n) is 9.94. The van der Waals surface area contributed by atoms with Gasteiger partial charge in [-0.05, 0) is 80.5 Å². The summed E-state index contributed by atoms with van der Waals surface area (Å²) >= 11 is 0. The van der Waals surface area contributed by atoms with Crippen molar-refractivity contribution >= 4 is 5.97 Å². The molecule has 0 aromatic heterocycles. The molecule has 4 rings (SSSR count). The van der Waals surface area contributed by atoms with E-state index in [-0.39, 0.29) is 41.0 Å². The Morgan fingerprint density at radius 2 is 1.60 bits per heavy atom. The predicted molar refractivity (Wildman–Crippen MR) is 94.7 cm³/mol. The van der Waals surface area contributed by atoms with E-state index in [1.54, 1.807) is 0 Å². The van der Waals surface area contributed by atoms with Crippen molar-refractivity contribution in [3.8, 4) is 0 Å². The summed E-state index contributed by atoms with van der Waals surface area (Å²) in [7, 11) is 0. The first-order valence-electron chi connectivity index (χ1n) is 10.3. The molecular formula is C21H34O4. The molecule has 4 heteroatoms. The lowest BCUT2D eigenvalue weighted by atomic mass is 9.44. The molecule has 4 aliphatic carbocycles. The maximum Gasteiger partial charge on any atom is 0.302 e. The smallest absolute Gasteiger partial charge is 0.302 e. The van der Waals surface area contributed by atoms with Crippen LogP contribution in [0.25, 0.3) is 0 Å². The SMILES string of the molecule is CC(=O)O[C@@H]1CC[C@H]2[C@@H]3C[C@@H](O)[C@@H]4C[C@@H](O)CC[C@]4(C)[C@@H]3CC[C@]12C. The van der Waals surface area contributed by atoms with Crippen molar-refractivity contribution < 1.29 is 19.7 Å². The Balaban J connectivity index is 1.61. The number of ether oxygens (including phenoxy) is 1. The zero-order chi connectivity index (χ0) is 18.0. The third-order valence-electron chi connectivity index (χ3n) is 8.87. The molecule has 0 aromatic rings. The molecule has 4 fully saturated rings. The summed E-state index contributed by atoms with van der Waals surface area (Å²) in [5, 5.41) is 21.1. The molecule has 4 aliphatic rings. The molecule has 0 unspecified atom stereocenters. The van der Waals surface area contributed by atoms with Gasteiger partial charge in [-0.1, -0.05) is 13.8 Å². The summed E-state index contributed by atoms with van der Waals surface area (Å²) in [4.78, 5) is 11.5. The number of aliphatic hydroxyl groups excluding tert-OH is 2. The highest BCUT2D eigenvalue weighted by atomic mass is 16.5. The van der Waals surface area contributed by atoms with Gasteiger partial charge in [0, 0.05) is 12.3 Å². The molecule has 4 nitrogen and oxygen atoms in total. The van der Waals surface area contributed by atoms with Gasteiger partial charge in [-0.25, -0.2) is 0 Å². The number of carbonyl (C=O) groups excluding carboxylic acids is 1. The van der Waals surface area contributed by atoms with Crippen molar-refractivity contribution in [2.45, 2.75) is 90.4 Å². The van der Waals surface area contributed by atoms with Gasteiger partial charge >= 0.3 is 5.97 Å². The standard InChI is InChI=1S/C21H34O4/c1-12(22)25-19-5-4-15-14-11-18(24)17-10-13(23)6-8-20(17,2)16(14)7-9-21(15,19)3/h13-19,23-24H,4-11H2,1-3H3/t13-,14-,15-,16+,17-,18+,19+,20+,21-/m0/s1. The minimum absolute atomic E-state index is 0.0480. The minimum Gasteiger partial charge on any atom is -0.462 e. The van der Waals surface area contributed by atoms with Gasteiger partial charge in [-0.2, -0.15) is 0 Å². The van der Waals surface area contributed by atoms with E-state index in [0.29, 0.717) is 17.8 Å². The highest BCUT2D eigenvalue weighted by molar-refractivity contribution is 5.66. The topological polar surface area (TPSA) is 66.8 Å². The quantitative estimate of drug-likeness (QED) is 0.712. The van der Waals surface area contributed by atoms with Crippen LogP contribution >= 0.6 is 0 Å². The Kier molecular flexibility index (Phi) is 4.23. The number of fused-ring (bicyclic) bond motifs is 5. The van der Waals surface area contributed by atoms with E-state index < -0.39 is 0 Å². The van der Waals surface area contributed by atoms with Crippen LogP contribution in [0.5, 0.6) is 0 Å². The fourth-order valence-corrected chi connectivity index (χ4v) is 7.62. The number of rotatable bonds is 1. The molecule has 25 heavy (non-hydrogen) atoms. The van der Waals surface area contributed by atoms with Gasteiger partial charge in [0.1, 0.15) is 6.10 Å². The highest BCUT2D eigenvalue weighted by Gasteiger charge is 2.62. The van der Waals surface area contributed by atoms with Crippen molar-refractivity contribution in [1.82, 2.24) is 0 Å². The number of aliphatic hydroxyl groups is 2. The molecule has 4 saturated carbocycles. The predicted octanol–water partition coefficient (Wildman–Crippen LogP) is 3.29. The summed E-state index contributed by atoms with van der Waals surface area (Å²) in [6.07, 6.45) is 7.44. The lowest BCUT2D eigenvalue weighted by Gasteiger charge is -2.61. The normalized spacial score (nSPS) is 55.0. The zero-order valence-corrected chi connectivity index (χ0v) is 15.9. The van der Waals surface area contributed by atoms with Crippen LogP contribution in [0, 0.1) is 34.5 Å². The van der Waals surface area contributed by atoms with Gasteiger partial charge < -0.3 is 14.9 Å². The summed E-state index contributed by atoms with van der Waals surface area (Å²) in [6, 6.07) is 0. The average molecular weight is 350 g/mol. The fourth-order valence-electron chi connectivity index (χ4n) is 7.62. The molecule has 0 aromatic carbocycles. The van der Waals surface area contributed by atoms with E-state index in [4.69, 9.17) is 4.74 Å². The third-order valence-corrected chi connectivity index (χ3v) is 8.87. The van der Waals surface area contributed by atoms with Crippen LogP contribution in [-0.4, -0.2) is 34.5 Å². The lowest BCUT2D eigenvalue weighted by molar-refractivity contribution is -0.181. The number of hydrogen-bond donors (Lipinski definition) is 2. The molecule has 0 radical (unpaired) electrons. The summed E-state index contributed by atoms with van der Waals surface area (Å²) in [5.74, 6) is 1.81. The van der Waals surface area contributed by atoms with E-state index in [1.165, 1.54) is 13.3 Å². The Hall–Kier alpha value is -0.610. The van der Waals surface area contributed by atoms with E-state index in [0.717, 1.165) is 44.9 Å². The van der Waals surface area contributed by atoms with Crippen LogP contribution in [0.2, 0.25) is 0 Å². The van der Waals surface area contributed by atoms with Crippen LogP contribution in [0.1, 0.15) is 72.1 Å². The maximum absolute atomic E-state index is 11.5. The van der Waals surface area contributed by atoms with E-state index in [9.17, 15) is 15.0 Å². The second-order valence-corrected chi connectivity index (χ2v) is 9.94.